The lowest BCUT2D eigenvalue weighted by Crippen LogP contribution is -2.51. The fourth-order valence-electron chi connectivity index (χ4n) is 2.84. The van der Waals surface area contributed by atoms with Gasteiger partial charge in [-0.05, 0) is 52.6 Å². The maximum atomic E-state index is 3.73. The van der Waals surface area contributed by atoms with Crippen molar-refractivity contribution in [3.8, 4) is 0 Å². The number of likely N-dealkylation sites (tertiary alicyclic amines) is 1. The fourth-order valence-corrected chi connectivity index (χ4v) is 2.84. The van der Waals surface area contributed by atoms with Gasteiger partial charge < -0.3 is 0 Å². The van der Waals surface area contributed by atoms with E-state index in [-0.39, 0.29) is 0 Å². The number of allylic oxidation sites excluding steroid dienone is 1. The van der Waals surface area contributed by atoms with Gasteiger partial charge in [0.05, 0.1) is 0 Å². The highest BCUT2D eigenvalue weighted by Crippen LogP contribution is 2.13. The maximum Gasteiger partial charge on any atom is 0.0239 e. The lowest BCUT2D eigenvalue weighted by Gasteiger charge is -2.36. The summed E-state index contributed by atoms with van der Waals surface area (Å²) in [6.07, 6.45) is 9.09. The summed E-state index contributed by atoms with van der Waals surface area (Å²) in [7, 11) is 0. The average molecular weight is 251 g/mol. The van der Waals surface area contributed by atoms with Gasteiger partial charge >= 0.3 is 0 Å². The van der Waals surface area contributed by atoms with Gasteiger partial charge in [0.1, 0.15) is 0 Å². The minimum absolute atomic E-state index is 0.714. The van der Waals surface area contributed by atoms with Crippen LogP contribution in [0.5, 0.6) is 0 Å². The second kappa shape index (κ2) is 7.27. The molecule has 0 aromatic carbocycles. The van der Waals surface area contributed by atoms with E-state index in [4.69, 9.17) is 0 Å². The summed E-state index contributed by atoms with van der Waals surface area (Å²) >= 11 is 0. The average Bonchev–Trinajstić information content (AvgIpc) is 2.39. The van der Waals surface area contributed by atoms with Crippen LogP contribution in [0.15, 0.2) is 11.6 Å². The highest BCUT2D eigenvalue weighted by molar-refractivity contribution is 4.95. The van der Waals surface area contributed by atoms with E-state index in [1.54, 1.807) is 0 Å². The third-order valence-electron chi connectivity index (χ3n) is 4.07. The van der Waals surface area contributed by atoms with Crippen LogP contribution in [-0.2, 0) is 0 Å². The van der Waals surface area contributed by atoms with Crippen molar-refractivity contribution in [1.29, 1.82) is 0 Å². The molecule has 2 rings (SSSR count). The van der Waals surface area contributed by atoms with E-state index < -0.39 is 0 Å². The molecular weight excluding hydrogens is 222 g/mol. The molecule has 0 amide bonds. The second-order valence-corrected chi connectivity index (χ2v) is 6.03. The van der Waals surface area contributed by atoms with Crippen molar-refractivity contribution in [2.45, 2.75) is 52.0 Å². The second-order valence-electron chi connectivity index (χ2n) is 6.03. The predicted octanol–water partition coefficient (Wildman–Crippen LogP) is 2.41. The predicted molar refractivity (Wildman–Crippen MR) is 77.5 cm³/mol. The molecule has 0 aliphatic carbocycles. The van der Waals surface area contributed by atoms with Gasteiger partial charge in [0, 0.05) is 25.7 Å². The van der Waals surface area contributed by atoms with Crippen LogP contribution in [0.1, 0.15) is 46.0 Å². The smallest absolute Gasteiger partial charge is 0.0239 e. The summed E-state index contributed by atoms with van der Waals surface area (Å²) in [5.41, 5.74) is 5.17. The van der Waals surface area contributed by atoms with E-state index in [1.165, 1.54) is 63.9 Å². The monoisotopic (exact) mass is 251 g/mol. The first kappa shape index (κ1) is 14.0. The van der Waals surface area contributed by atoms with E-state index >= 15 is 0 Å². The third kappa shape index (κ3) is 4.71. The molecule has 3 nitrogen and oxygen atoms in total. The lowest BCUT2D eigenvalue weighted by atomic mass is 10.1. The zero-order valence-corrected chi connectivity index (χ0v) is 12.1. The van der Waals surface area contributed by atoms with Gasteiger partial charge in [-0.2, -0.15) is 0 Å². The first-order valence-corrected chi connectivity index (χ1v) is 7.61. The van der Waals surface area contributed by atoms with E-state index in [1.807, 2.05) is 0 Å². The Morgan fingerprint density at radius 3 is 2.33 bits per heavy atom. The normalized spacial score (nSPS) is 24.1. The number of nitrogens with zero attached hydrogens (tertiary/aromatic N) is 2. The molecule has 0 atom stereocenters. The minimum atomic E-state index is 0.714. The standard InChI is InChI=1S/C15H29N3/c1-14(2)6-11-17-12-7-15(8-13-17)16-18-9-4-3-5-10-18/h6,15-16H,3-5,7-13H2,1-2H3. The summed E-state index contributed by atoms with van der Waals surface area (Å²) in [5, 5.41) is 2.46. The summed E-state index contributed by atoms with van der Waals surface area (Å²) in [6.45, 7) is 10.5. The number of hydrogen-bond donors (Lipinski definition) is 1. The number of piperidine rings is 2. The van der Waals surface area contributed by atoms with Crippen molar-refractivity contribution in [2.24, 2.45) is 0 Å². The number of nitrogens with one attached hydrogen (secondary N) is 1. The highest BCUT2D eigenvalue weighted by atomic mass is 15.5. The molecule has 0 bridgehead atoms. The molecule has 0 radical (unpaired) electrons. The van der Waals surface area contributed by atoms with Crippen LogP contribution in [0.4, 0.5) is 0 Å². The first-order chi connectivity index (χ1) is 8.74. The molecule has 0 aromatic heterocycles. The van der Waals surface area contributed by atoms with Gasteiger partial charge in [-0.3, -0.25) is 10.3 Å². The Morgan fingerprint density at radius 1 is 1.06 bits per heavy atom. The number of hydrogen-bond acceptors (Lipinski definition) is 3. The highest BCUT2D eigenvalue weighted by Gasteiger charge is 2.20. The molecule has 2 fully saturated rings. The van der Waals surface area contributed by atoms with E-state index in [9.17, 15) is 0 Å². The fraction of sp³-hybridized carbons (Fsp3) is 0.867. The van der Waals surface area contributed by atoms with Crippen molar-refractivity contribution in [1.82, 2.24) is 15.3 Å². The Hall–Kier alpha value is -0.380. The topological polar surface area (TPSA) is 18.5 Å². The van der Waals surface area contributed by atoms with E-state index in [0.29, 0.717) is 6.04 Å². The molecule has 18 heavy (non-hydrogen) atoms. The zero-order chi connectivity index (χ0) is 12.8. The molecule has 3 heteroatoms. The molecule has 1 N–H and O–H groups in total. The molecule has 2 saturated heterocycles. The van der Waals surface area contributed by atoms with Crippen LogP contribution in [0.25, 0.3) is 0 Å². The van der Waals surface area contributed by atoms with Crippen LogP contribution in [0.2, 0.25) is 0 Å². The van der Waals surface area contributed by atoms with Crippen LogP contribution in [-0.4, -0.2) is 48.7 Å². The van der Waals surface area contributed by atoms with Crippen LogP contribution < -0.4 is 5.43 Å². The number of hydrazine groups is 1. The molecule has 2 aliphatic rings. The molecule has 2 heterocycles. The van der Waals surface area contributed by atoms with Gasteiger partial charge in [0.25, 0.3) is 0 Å². The largest absolute Gasteiger partial charge is 0.300 e. The number of rotatable bonds is 4. The first-order valence-electron chi connectivity index (χ1n) is 7.61. The summed E-state index contributed by atoms with van der Waals surface area (Å²) in [6, 6.07) is 0.714. The summed E-state index contributed by atoms with van der Waals surface area (Å²) in [4.78, 5) is 2.57. The van der Waals surface area contributed by atoms with Crippen molar-refractivity contribution >= 4 is 0 Å². The molecule has 104 valence electrons. The lowest BCUT2D eigenvalue weighted by molar-refractivity contribution is 0.0967. The van der Waals surface area contributed by atoms with Crippen molar-refractivity contribution < 1.29 is 0 Å². The van der Waals surface area contributed by atoms with Crippen molar-refractivity contribution in [3.63, 3.8) is 0 Å². The summed E-state index contributed by atoms with van der Waals surface area (Å²) in [5.74, 6) is 0. The van der Waals surface area contributed by atoms with Crippen molar-refractivity contribution in [2.75, 3.05) is 32.7 Å². The molecule has 0 spiro atoms. The SMILES string of the molecule is CC(C)=CCN1CCC(NN2CCCCC2)CC1. The Kier molecular flexibility index (Phi) is 5.67. The molecule has 0 saturated carbocycles. The third-order valence-corrected chi connectivity index (χ3v) is 4.07. The van der Waals surface area contributed by atoms with Crippen molar-refractivity contribution in [3.05, 3.63) is 11.6 Å². The molecule has 2 aliphatic heterocycles. The van der Waals surface area contributed by atoms with Crippen LogP contribution in [0.3, 0.4) is 0 Å². The minimum Gasteiger partial charge on any atom is -0.300 e. The van der Waals surface area contributed by atoms with Gasteiger partial charge in [-0.15, -0.1) is 0 Å². The Labute approximate surface area is 112 Å². The Morgan fingerprint density at radius 2 is 1.72 bits per heavy atom. The maximum absolute atomic E-state index is 3.73. The van der Waals surface area contributed by atoms with Crippen LogP contribution in [0, 0.1) is 0 Å². The zero-order valence-electron chi connectivity index (χ0n) is 12.1. The van der Waals surface area contributed by atoms with Gasteiger partial charge in [0.2, 0.25) is 0 Å². The summed E-state index contributed by atoms with van der Waals surface area (Å²) < 4.78 is 0. The van der Waals surface area contributed by atoms with E-state index in [0.717, 1.165) is 6.54 Å². The molecule has 0 aromatic rings. The Balaban J connectivity index is 1.65. The van der Waals surface area contributed by atoms with E-state index in [2.05, 4.69) is 35.3 Å². The quantitative estimate of drug-likeness (QED) is 0.774. The van der Waals surface area contributed by atoms with Gasteiger partial charge in [-0.1, -0.05) is 18.1 Å². The van der Waals surface area contributed by atoms with Crippen LogP contribution >= 0.6 is 0 Å². The molecular formula is C15H29N3. The molecule has 0 unspecified atom stereocenters. The Bertz CT molecular complexity index is 257. The van der Waals surface area contributed by atoms with Gasteiger partial charge in [-0.25, -0.2) is 5.01 Å². The van der Waals surface area contributed by atoms with Gasteiger partial charge in [0.15, 0.2) is 0 Å².